The molecule has 0 aromatic heterocycles. The Morgan fingerprint density at radius 3 is 2.82 bits per heavy atom. The highest BCUT2D eigenvalue weighted by Gasteiger charge is 2.15. The van der Waals surface area contributed by atoms with E-state index in [1.165, 1.54) is 25.9 Å². The minimum Gasteiger partial charge on any atom is -0.493 e. The van der Waals surface area contributed by atoms with E-state index in [-0.39, 0.29) is 5.91 Å². The summed E-state index contributed by atoms with van der Waals surface area (Å²) in [5.74, 6) is 2.65. The largest absolute Gasteiger partial charge is 0.493 e. The fourth-order valence-electron chi connectivity index (χ4n) is 3.59. The van der Waals surface area contributed by atoms with Gasteiger partial charge in [0.05, 0.1) is 13.7 Å². The fourth-order valence-corrected chi connectivity index (χ4v) is 3.59. The van der Waals surface area contributed by atoms with Crippen molar-refractivity contribution < 1.29 is 14.3 Å². The lowest BCUT2D eigenvalue weighted by Gasteiger charge is -2.30. The van der Waals surface area contributed by atoms with Crippen LogP contribution in [-0.4, -0.2) is 50.7 Å². The summed E-state index contributed by atoms with van der Waals surface area (Å²) in [5.41, 5.74) is 0.609. The van der Waals surface area contributed by atoms with Crippen molar-refractivity contribution in [1.29, 1.82) is 0 Å². The number of piperidine rings is 1. The molecule has 0 radical (unpaired) electrons. The number of methoxy groups -OCH3 is 1. The van der Waals surface area contributed by atoms with Crippen LogP contribution in [0.15, 0.2) is 18.2 Å². The van der Waals surface area contributed by atoms with E-state index < -0.39 is 0 Å². The van der Waals surface area contributed by atoms with E-state index in [4.69, 9.17) is 9.47 Å². The van der Waals surface area contributed by atoms with Crippen molar-refractivity contribution >= 4 is 5.91 Å². The number of rotatable bonds is 11. The van der Waals surface area contributed by atoms with Crippen molar-refractivity contribution in [3.63, 3.8) is 0 Å². The smallest absolute Gasteiger partial charge is 0.251 e. The van der Waals surface area contributed by atoms with E-state index in [1.54, 1.807) is 19.2 Å². The number of benzene rings is 1. The molecule has 1 amide bonds. The molecular formula is C23H38N2O3. The third-order valence-electron chi connectivity index (χ3n) is 5.31. The van der Waals surface area contributed by atoms with E-state index in [0.717, 1.165) is 31.7 Å². The first-order valence-electron chi connectivity index (χ1n) is 10.8. The number of hydrogen-bond acceptors (Lipinski definition) is 4. The Bertz CT molecular complexity index is 604. The Kier molecular flexibility index (Phi) is 9.62. The number of nitrogens with zero attached hydrogens (tertiary/aromatic N) is 1. The molecule has 1 saturated heterocycles. The molecule has 28 heavy (non-hydrogen) atoms. The Morgan fingerprint density at radius 2 is 2.11 bits per heavy atom. The van der Waals surface area contributed by atoms with Gasteiger partial charge in [-0.05, 0) is 75.2 Å². The lowest BCUT2D eigenvalue weighted by atomic mass is 10.0. The predicted molar refractivity (Wildman–Crippen MR) is 114 cm³/mol. The molecule has 0 spiro atoms. The minimum atomic E-state index is -0.0568. The third-order valence-corrected chi connectivity index (χ3v) is 5.31. The molecule has 1 fully saturated rings. The second-order valence-electron chi connectivity index (χ2n) is 8.41. The van der Waals surface area contributed by atoms with Gasteiger partial charge in [0, 0.05) is 18.7 Å². The Balaban J connectivity index is 1.72. The van der Waals surface area contributed by atoms with Crippen molar-refractivity contribution in [2.24, 2.45) is 11.8 Å². The Labute approximate surface area is 170 Å². The first-order chi connectivity index (χ1) is 13.5. The summed E-state index contributed by atoms with van der Waals surface area (Å²) in [5, 5.41) is 3.02. The number of unbranched alkanes of at least 4 members (excludes halogenated alkanes) is 1. The van der Waals surface area contributed by atoms with Gasteiger partial charge in [-0.1, -0.05) is 20.8 Å². The van der Waals surface area contributed by atoms with Gasteiger partial charge in [-0.25, -0.2) is 0 Å². The van der Waals surface area contributed by atoms with Crippen LogP contribution >= 0.6 is 0 Å². The van der Waals surface area contributed by atoms with Gasteiger partial charge in [0.25, 0.3) is 5.91 Å². The van der Waals surface area contributed by atoms with E-state index >= 15 is 0 Å². The molecule has 2 rings (SSSR count). The van der Waals surface area contributed by atoms with Crippen molar-refractivity contribution in [2.45, 2.75) is 52.9 Å². The maximum atomic E-state index is 12.4. The van der Waals surface area contributed by atoms with Crippen LogP contribution in [0.3, 0.4) is 0 Å². The summed E-state index contributed by atoms with van der Waals surface area (Å²) in [6.45, 7) is 11.6. The number of carbonyl (C=O) groups is 1. The summed E-state index contributed by atoms with van der Waals surface area (Å²) < 4.78 is 11.2. The van der Waals surface area contributed by atoms with Crippen LogP contribution in [0.2, 0.25) is 0 Å². The molecule has 1 N–H and O–H groups in total. The normalized spacial score (nSPS) is 17.5. The van der Waals surface area contributed by atoms with Crippen LogP contribution in [-0.2, 0) is 0 Å². The van der Waals surface area contributed by atoms with Crippen LogP contribution < -0.4 is 14.8 Å². The quantitative estimate of drug-likeness (QED) is 0.570. The van der Waals surface area contributed by atoms with Crippen LogP contribution in [0.1, 0.15) is 63.2 Å². The zero-order chi connectivity index (χ0) is 20.4. The maximum Gasteiger partial charge on any atom is 0.251 e. The zero-order valence-corrected chi connectivity index (χ0v) is 18.1. The first kappa shape index (κ1) is 22.5. The van der Waals surface area contributed by atoms with Gasteiger partial charge in [0.2, 0.25) is 0 Å². The average Bonchev–Trinajstić information content (AvgIpc) is 2.67. The molecule has 1 aromatic rings. The molecule has 158 valence electrons. The molecule has 0 aliphatic carbocycles. The minimum absolute atomic E-state index is 0.0568. The second-order valence-corrected chi connectivity index (χ2v) is 8.41. The van der Waals surface area contributed by atoms with Gasteiger partial charge < -0.3 is 19.7 Å². The van der Waals surface area contributed by atoms with Gasteiger partial charge >= 0.3 is 0 Å². The molecule has 1 atom stereocenters. The molecule has 1 unspecified atom stereocenters. The van der Waals surface area contributed by atoms with Crippen molar-refractivity contribution in [1.82, 2.24) is 10.2 Å². The summed E-state index contributed by atoms with van der Waals surface area (Å²) in [6.07, 6.45) is 5.79. The maximum absolute atomic E-state index is 12.4. The topological polar surface area (TPSA) is 50.8 Å². The van der Waals surface area contributed by atoms with Crippen LogP contribution in [0.25, 0.3) is 0 Å². The molecule has 5 heteroatoms. The summed E-state index contributed by atoms with van der Waals surface area (Å²) in [6, 6.07) is 5.39. The predicted octanol–water partition coefficient (Wildman–Crippen LogP) is 4.36. The van der Waals surface area contributed by atoms with Gasteiger partial charge in [-0.3, -0.25) is 4.79 Å². The summed E-state index contributed by atoms with van der Waals surface area (Å²) in [7, 11) is 1.60. The van der Waals surface area contributed by atoms with Crippen LogP contribution in [0, 0.1) is 11.8 Å². The molecule has 0 saturated carbocycles. The van der Waals surface area contributed by atoms with E-state index in [9.17, 15) is 4.79 Å². The van der Waals surface area contributed by atoms with Gasteiger partial charge in [-0.2, -0.15) is 0 Å². The number of ether oxygens (including phenoxy) is 2. The van der Waals surface area contributed by atoms with Gasteiger partial charge in [0.1, 0.15) is 0 Å². The van der Waals surface area contributed by atoms with Gasteiger partial charge in [0.15, 0.2) is 11.5 Å². The standard InChI is InChI=1S/C23H38N2O3/c1-18(2)11-15-28-21-10-9-20(16-22(21)27-4)23(26)24-12-5-6-13-25-14-7-8-19(3)17-25/h9-10,16,18-19H,5-8,11-15,17H2,1-4H3,(H,24,26). The van der Waals surface area contributed by atoms with E-state index in [1.807, 2.05) is 6.07 Å². The number of carbonyl (C=O) groups excluding carboxylic acids is 1. The monoisotopic (exact) mass is 390 g/mol. The highest BCUT2D eigenvalue weighted by atomic mass is 16.5. The highest BCUT2D eigenvalue weighted by molar-refractivity contribution is 5.94. The summed E-state index contributed by atoms with van der Waals surface area (Å²) in [4.78, 5) is 15.0. The molecule has 1 heterocycles. The number of amides is 1. The highest BCUT2D eigenvalue weighted by Crippen LogP contribution is 2.28. The van der Waals surface area contributed by atoms with Crippen molar-refractivity contribution in [3.05, 3.63) is 23.8 Å². The molecule has 1 aliphatic heterocycles. The first-order valence-corrected chi connectivity index (χ1v) is 10.8. The summed E-state index contributed by atoms with van der Waals surface area (Å²) >= 11 is 0. The third kappa shape index (κ3) is 7.70. The SMILES string of the molecule is COc1cc(C(=O)NCCCCN2CCCC(C)C2)ccc1OCCC(C)C. The average molecular weight is 391 g/mol. The van der Waals surface area contributed by atoms with Crippen LogP contribution in [0.5, 0.6) is 11.5 Å². The van der Waals surface area contributed by atoms with E-state index in [2.05, 4.69) is 31.0 Å². The van der Waals surface area contributed by atoms with Gasteiger partial charge in [-0.15, -0.1) is 0 Å². The molecule has 1 aromatic carbocycles. The van der Waals surface area contributed by atoms with E-state index in [0.29, 0.717) is 36.1 Å². The van der Waals surface area contributed by atoms with Crippen molar-refractivity contribution in [2.75, 3.05) is 39.9 Å². The number of likely N-dealkylation sites (tertiary alicyclic amines) is 1. The lowest BCUT2D eigenvalue weighted by molar-refractivity contribution is 0.0951. The zero-order valence-electron chi connectivity index (χ0n) is 18.1. The number of nitrogens with one attached hydrogen (secondary N) is 1. The second kappa shape index (κ2) is 11.9. The molecule has 1 aliphatic rings. The fraction of sp³-hybridized carbons (Fsp3) is 0.696. The molecular weight excluding hydrogens is 352 g/mol. The van der Waals surface area contributed by atoms with Crippen LogP contribution in [0.4, 0.5) is 0 Å². The molecule has 5 nitrogen and oxygen atoms in total. The van der Waals surface area contributed by atoms with Crippen molar-refractivity contribution in [3.8, 4) is 11.5 Å². The lowest BCUT2D eigenvalue weighted by Crippen LogP contribution is -2.35. The number of hydrogen-bond donors (Lipinski definition) is 1. The molecule has 0 bridgehead atoms. The Hall–Kier alpha value is -1.75. The Morgan fingerprint density at radius 1 is 1.29 bits per heavy atom.